The minimum Gasteiger partial charge on any atom is -0.497 e. The summed E-state index contributed by atoms with van der Waals surface area (Å²) in [6, 6.07) is 16.3. The molecule has 0 aliphatic carbocycles. The number of likely N-dealkylation sites (N-methyl/N-ethyl adjacent to an activating group) is 1. The zero-order chi connectivity index (χ0) is 22.1. The van der Waals surface area contributed by atoms with Crippen molar-refractivity contribution in [3.05, 3.63) is 65.9 Å². The smallest absolute Gasteiger partial charge is 0.243 e. The van der Waals surface area contributed by atoms with Gasteiger partial charge >= 0.3 is 0 Å². The molecule has 0 radical (unpaired) electrons. The SMILES string of the molecule is COc1ccc(CCNC(=NCC(=O)N(C)C)NCCc2c[nH]c3ccccc23)cc1.I. The molecule has 0 spiro atoms. The van der Waals surface area contributed by atoms with Gasteiger partial charge in [-0.15, -0.1) is 24.0 Å². The number of nitrogens with one attached hydrogen (secondary N) is 3. The van der Waals surface area contributed by atoms with E-state index >= 15 is 0 Å². The number of aromatic amines is 1. The molecule has 172 valence electrons. The van der Waals surface area contributed by atoms with Crippen molar-refractivity contribution in [3.8, 4) is 5.75 Å². The number of carbonyl (C=O) groups is 1. The maximum atomic E-state index is 12.0. The Hall–Kier alpha value is -2.75. The quantitative estimate of drug-likeness (QED) is 0.218. The van der Waals surface area contributed by atoms with E-state index in [1.165, 1.54) is 16.5 Å². The van der Waals surface area contributed by atoms with E-state index < -0.39 is 0 Å². The molecular formula is C24H32IN5O2. The predicted octanol–water partition coefficient (Wildman–Crippen LogP) is 3.20. The molecule has 3 rings (SSSR count). The molecule has 2 aromatic carbocycles. The number of hydrogen-bond donors (Lipinski definition) is 3. The Labute approximate surface area is 206 Å². The largest absolute Gasteiger partial charge is 0.497 e. The van der Waals surface area contributed by atoms with E-state index in [1.807, 2.05) is 24.3 Å². The molecule has 32 heavy (non-hydrogen) atoms. The highest BCUT2D eigenvalue weighted by atomic mass is 127. The number of nitrogens with zero attached hydrogens (tertiary/aromatic N) is 2. The Balaban J connectivity index is 0.00000363. The number of para-hydroxylation sites is 1. The second-order valence-corrected chi connectivity index (χ2v) is 7.51. The molecule has 1 heterocycles. The van der Waals surface area contributed by atoms with Crippen molar-refractivity contribution >= 4 is 46.7 Å². The number of H-pyrrole nitrogens is 1. The minimum atomic E-state index is -0.0344. The van der Waals surface area contributed by atoms with Crippen molar-refractivity contribution in [2.75, 3.05) is 40.8 Å². The first kappa shape index (κ1) is 25.5. The van der Waals surface area contributed by atoms with Gasteiger partial charge in [-0.05, 0) is 42.2 Å². The van der Waals surface area contributed by atoms with Crippen LogP contribution >= 0.6 is 24.0 Å². The fraction of sp³-hybridized carbons (Fsp3) is 0.333. The van der Waals surface area contributed by atoms with Crippen molar-refractivity contribution in [2.24, 2.45) is 4.99 Å². The van der Waals surface area contributed by atoms with Crippen molar-refractivity contribution < 1.29 is 9.53 Å². The van der Waals surface area contributed by atoms with Crippen LogP contribution in [0.3, 0.4) is 0 Å². The Morgan fingerprint density at radius 2 is 1.72 bits per heavy atom. The summed E-state index contributed by atoms with van der Waals surface area (Å²) in [5.41, 5.74) is 3.60. The summed E-state index contributed by atoms with van der Waals surface area (Å²) in [6.07, 6.45) is 3.75. The lowest BCUT2D eigenvalue weighted by molar-refractivity contribution is -0.127. The van der Waals surface area contributed by atoms with E-state index in [2.05, 4.69) is 51.1 Å². The van der Waals surface area contributed by atoms with E-state index in [0.29, 0.717) is 19.0 Å². The number of rotatable bonds is 9. The van der Waals surface area contributed by atoms with Gasteiger partial charge < -0.3 is 25.3 Å². The Bertz CT molecular complexity index is 1010. The van der Waals surface area contributed by atoms with Crippen molar-refractivity contribution in [1.82, 2.24) is 20.5 Å². The summed E-state index contributed by atoms with van der Waals surface area (Å²) in [5, 5.41) is 7.93. The van der Waals surface area contributed by atoms with Gasteiger partial charge in [-0.3, -0.25) is 4.79 Å². The first-order valence-corrected chi connectivity index (χ1v) is 10.5. The van der Waals surface area contributed by atoms with Crippen LogP contribution in [-0.2, 0) is 17.6 Å². The lowest BCUT2D eigenvalue weighted by atomic mass is 10.1. The van der Waals surface area contributed by atoms with Gasteiger partial charge in [0.2, 0.25) is 5.91 Å². The van der Waals surface area contributed by atoms with Gasteiger partial charge in [0.25, 0.3) is 0 Å². The molecule has 0 atom stereocenters. The molecule has 1 aromatic heterocycles. The summed E-state index contributed by atoms with van der Waals surface area (Å²) in [4.78, 5) is 21.3. The Morgan fingerprint density at radius 1 is 1.03 bits per heavy atom. The fourth-order valence-corrected chi connectivity index (χ4v) is 3.23. The molecule has 0 saturated carbocycles. The Kier molecular flexibility index (Phi) is 10.3. The van der Waals surface area contributed by atoms with Gasteiger partial charge in [0.05, 0.1) is 7.11 Å². The zero-order valence-electron chi connectivity index (χ0n) is 18.9. The number of aliphatic imine (C=N–C) groups is 1. The van der Waals surface area contributed by atoms with Gasteiger partial charge in [-0.2, -0.15) is 0 Å². The normalized spacial score (nSPS) is 11.0. The summed E-state index contributed by atoms with van der Waals surface area (Å²) in [7, 11) is 5.13. The van der Waals surface area contributed by atoms with E-state index in [-0.39, 0.29) is 36.4 Å². The second kappa shape index (κ2) is 12.9. The average molecular weight is 549 g/mol. The molecule has 0 fully saturated rings. The molecule has 8 heteroatoms. The van der Waals surface area contributed by atoms with Crippen LogP contribution < -0.4 is 15.4 Å². The molecule has 3 aromatic rings. The molecule has 1 amide bonds. The van der Waals surface area contributed by atoms with Crippen molar-refractivity contribution in [1.29, 1.82) is 0 Å². The monoisotopic (exact) mass is 549 g/mol. The van der Waals surface area contributed by atoms with Crippen LogP contribution in [0.2, 0.25) is 0 Å². The van der Waals surface area contributed by atoms with Gasteiger partial charge in [-0.1, -0.05) is 30.3 Å². The van der Waals surface area contributed by atoms with Crippen LogP contribution in [0.5, 0.6) is 5.75 Å². The number of aromatic nitrogens is 1. The van der Waals surface area contributed by atoms with Crippen LogP contribution in [0.4, 0.5) is 0 Å². The highest BCUT2D eigenvalue weighted by Gasteiger charge is 2.06. The lowest BCUT2D eigenvalue weighted by Gasteiger charge is -2.14. The van der Waals surface area contributed by atoms with Gasteiger partial charge in [0.15, 0.2) is 5.96 Å². The molecule has 7 nitrogen and oxygen atoms in total. The molecule has 0 saturated heterocycles. The average Bonchev–Trinajstić information content (AvgIpc) is 3.20. The summed E-state index contributed by atoms with van der Waals surface area (Å²) >= 11 is 0. The van der Waals surface area contributed by atoms with Crippen molar-refractivity contribution in [2.45, 2.75) is 12.8 Å². The number of benzene rings is 2. The summed E-state index contributed by atoms with van der Waals surface area (Å²) in [5.74, 6) is 1.46. The highest BCUT2D eigenvalue weighted by Crippen LogP contribution is 2.17. The summed E-state index contributed by atoms with van der Waals surface area (Å²) in [6.45, 7) is 1.53. The maximum Gasteiger partial charge on any atom is 0.243 e. The number of fused-ring (bicyclic) bond motifs is 1. The van der Waals surface area contributed by atoms with Crippen LogP contribution in [0.1, 0.15) is 11.1 Å². The molecule has 3 N–H and O–H groups in total. The molecule has 0 unspecified atom stereocenters. The van der Waals surface area contributed by atoms with E-state index in [4.69, 9.17) is 4.74 Å². The Morgan fingerprint density at radius 3 is 2.41 bits per heavy atom. The number of ether oxygens (including phenoxy) is 1. The number of carbonyl (C=O) groups excluding carboxylic acids is 1. The van der Waals surface area contributed by atoms with Gasteiger partial charge in [0.1, 0.15) is 12.3 Å². The van der Waals surface area contributed by atoms with Gasteiger partial charge in [-0.25, -0.2) is 4.99 Å². The third-order valence-corrected chi connectivity index (χ3v) is 5.10. The fourth-order valence-electron chi connectivity index (χ4n) is 3.23. The minimum absolute atomic E-state index is 0. The van der Waals surface area contributed by atoms with Crippen LogP contribution in [0.25, 0.3) is 10.9 Å². The standard InChI is InChI=1S/C24H31N5O2.HI/c1-29(2)23(30)17-28-24(25-14-12-18-8-10-20(31-3)11-9-18)26-15-13-19-16-27-22-7-5-4-6-21(19)22;/h4-11,16,27H,12-15,17H2,1-3H3,(H2,25,26,28);1H. The number of halogens is 1. The third kappa shape index (κ3) is 7.44. The van der Waals surface area contributed by atoms with Crippen LogP contribution in [-0.4, -0.2) is 62.6 Å². The third-order valence-electron chi connectivity index (χ3n) is 5.10. The molecule has 0 aliphatic rings. The van der Waals surface area contributed by atoms with Crippen molar-refractivity contribution in [3.63, 3.8) is 0 Å². The first-order valence-electron chi connectivity index (χ1n) is 10.5. The molecule has 0 aliphatic heterocycles. The molecular weight excluding hydrogens is 517 g/mol. The van der Waals surface area contributed by atoms with Crippen LogP contribution in [0, 0.1) is 0 Å². The number of hydrogen-bond acceptors (Lipinski definition) is 3. The summed E-state index contributed by atoms with van der Waals surface area (Å²) < 4.78 is 5.20. The topological polar surface area (TPSA) is 81.8 Å². The number of guanidine groups is 1. The highest BCUT2D eigenvalue weighted by molar-refractivity contribution is 14.0. The van der Waals surface area contributed by atoms with E-state index in [0.717, 1.165) is 24.1 Å². The van der Waals surface area contributed by atoms with E-state index in [9.17, 15) is 4.79 Å². The number of amides is 1. The maximum absolute atomic E-state index is 12.0. The molecule has 0 bridgehead atoms. The van der Waals surface area contributed by atoms with E-state index in [1.54, 1.807) is 26.1 Å². The van der Waals surface area contributed by atoms with Gasteiger partial charge in [0, 0.05) is 44.3 Å². The first-order chi connectivity index (χ1) is 15.1. The predicted molar refractivity (Wildman–Crippen MR) is 141 cm³/mol. The second-order valence-electron chi connectivity index (χ2n) is 7.51. The lowest BCUT2D eigenvalue weighted by Crippen LogP contribution is -2.40. The van der Waals surface area contributed by atoms with Crippen LogP contribution in [0.15, 0.2) is 59.7 Å². The zero-order valence-corrected chi connectivity index (χ0v) is 21.2. The number of methoxy groups -OCH3 is 1.